The van der Waals surface area contributed by atoms with Gasteiger partial charge in [0.05, 0.1) is 40.1 Å². The lowest BCUT2D eigenvalue weighted by Crippen LogP contribution is -2.54. The second-order valence-electron chi connectivity index (χ2n) is 12.9. The number of amides is 5. The van der Waals surface area contributed by atoms with E-state index in [1.54, 1.807) is 61.3 Å². The molecule has 3 aromatic rings. The maximum absolute atomic E-state index is 13.4. The third-order valence-electron chi connectivity index (χ3n) is 9.39. The van der Waals surface area contributed by atoms with Crippen LogP contribution in [0.2, 0.25) is 0 Å². The van der Waals surface area contributed by atoms with Crippen molar-refractivity contribution in [2.24, 2.45) is 5.92 Å². The lowest BCUT2D eigenvalue weighted by Gasteiger charge is -2.38. The number of anilines is 3. The van der Waals surface area contributed by atoms with Gasteiger partial charge in [0.2, 0.25) is 11.8 Å². The summed E-state index contributed by atoms with van der Waals surface area (Å²) >= 11 is 0. The molecule has 0 bridgehead atoms. The summed E-state index contributed by atoms with van der Waals surface area (Å²) in [6, 6.07) is 9.76. The molecule has 0 aliphatic carbocycles. The molecule has 1 aromatic heterocycles. The highest BCUT2D eigenvalue weighted by molar-refractivity contribution is 6.23. The van der Waals surface area contributed by atoms with Crippen LogP contribution in [-0.2, 0) is 26.3 Å². The number of piperidine rings is 1. The summed E-state index contributed by atoms with van der Waals surface area (Å²) < 4.78 is 1.59. The first-order chi connectivity index (χ1) is 23.0. The van der Waals surface area contributed by atoms with E-state index in [9.17, 15) is 29.2 Å². The van der Waals surface area contributed by atoms with Crippen LogP contribution in [0.25, 0.3) is 0 Å². The predicted octanol–water partition coefficient (Wildman–Crippen LogP) is 2.38. The van der Waals surface area contributed by atoms with Crippen molar-refractivity contribution in [3.63, 3.8) is 0 Å². The van der Waals surface area contributed by atoms with E-state index >= 15 is 0 Å². The van der Waals surface area contributed by atoms with Gasteiger partial charge in [-0.3, -0.25) is 38.9 Å². The predicted molar refractivity (Wildman–Crippen MR) is 174 cm³/mol. The summed E-state index contributed by atoms with van der Waals surface area (Å²) in [5, 5.41) is 22.4. The Morgan fingerprint density at radius 2 is 1.85 bits per heavy atom. The van der Waals surface area contributed by atoms with Crippen molar-refractivity contribution in [2.75, 3.05) is 35.2 Å². The highest BCUT2D eigenvalue weighted by Gasteiger charge is 2.45. The largest absolute Gasteiger partial charge is 0.384 e. The Bertz CT molecular complexity index is 2020. The minimum Gasteiger partial charge on any atom is -0.384 e. The molecule has 2 aromatic carbocycles. The fraction of sp³-hybridized carbons (Fsp3) is 0.343. The van der Waals surface area contributed by atoms with Crippen LogP contribution in [0.3, 0.4) is 0 Å². The SMILES string of the molecule is CC(C)(C(=O)Nc1ccc(C#N)c2c1CCCN2)n1cc(C#CC2CN(c3ccc4c(c3)C(=O)N(C3CCC(=O)NC3=O)C4=O)C2)cn1. The van der Waals surface area contributed by atoms with Crippen LogP contribution >= 0.6 is 0 Å². The van der Waals surface area contributed by atoms with Gasteiger partial charge in [-0.05, 0) is 63.4 Å². The zero-order valence-corrected chi connectivity index (χ0v) is 26.4. The number of fused-ring (bicyclic) bond motifs is 2. The molecule has 1 unspecified atom stereocenters. The Morgan fingerprint density at radius 3 is 2.62 bits per heavy atom. The molecule has 0 spiro atoms. The number of hydrogen-bond donors (Lipinski definition) is 3. The minimum atomic E-state index is -1.02. The number of aromatic nitrogens is 2. The van der Waals surface area contributed by atoms with Gasteiger partial charge in [-0.15, -0.1) is 0 Å². The summed E-state index contributed by atoms with van der Waals surface area (Å²) in [5.41, 5.74) is 3.87. The van der Waals surface area contributed by atoms with E-state index in [2.05, 4.69) is 43.9 Å². The highest BCUT2D eigenvalue weighted by Crippen LogP contribution is 2.34. The molecule has 0 radical (unpaired) electrons. The van der Waals surface area contributed by atoms with E-state index in [4.69, 9.17) is 0 Å². The van der Waals surface area contributed by atoms with Crippen molar-refractivity contribution in [1.29, 1.82) is 5.26 Å². The van der Waals surface area contributed by atoms with Gasteiger partial charge in [0.25, 0.3) is 17.7 Å². The molecule has 13 nitrogen and oxygen atoms in total. The molecule has 242 valence electrons. The lowest BCUT2D eigenvalue weighted by molar-refractivity contribution is -0.136. The van der Waals surface area contributed by atoms with E-state index in [1.165, 1.54) is 0 Å². The summed E-state index contributed by atoms with van der Waals surface area (Å²) in [7, 11) is 0. The van der Waals surface area contributed by atoms with Crippen LogP contribution in [0.4, 0.5) is 17.1 Å². The van der Waals surface area contributed by atoms with Crippen LogP contribution in [0.5, 0.6) is 0 Å². The standard InChI is InChI=1S/C35H32N8O5/c1-35(2,34(48)39-27-10-7-22(15-36)30-25(27)4-3-13-37-30)42-19-20(16-38-42)5-6-21-17-41(18-21)23-8-9-24-26(14-23)33(47)43(32(24)46)28-11-12-29(44)40-31(28)45/h7-10,14,16,19,21,28,37H,3-4,11-13,17-18H2,1-2H3,(H,39,48)(H,40,44,45). The zero-order valence-electron chi connectivity index (χ0n) is 26.4. The molecule has 2 fully saturated rings. The monoisotopic (exact) mass is 644 g/mol. The number of nitriles is 1. The maximum Gasteiger partial charge on any atom is 0.262 e. The van der Waals surface area contributed by atoms with Crippen molar-refractivity contribution in [2.45, 2.75) is 51.1 Å². The van der Waals surface area contributed by atoms with Crippen LogP contribution in [0, 0.1) is 29.1 Å². The van der Waals surface area contributed by atoms with E-state index < -0.39 is 35.2 Å². The van der Waals surface area contributed by atoms with Crippen molar-refractivity contribution in [3.8, 4) is 17.9 Å². The molecule has 48 heavy (non-hydrogen) atoms. The second kappa shape index (κ2) is 11.7. The van der Waals surface area contributed by atoms with Crippen LogP contribution in [0.15, 0.2) is 42.7 Å². The number of rotatable bonds is 5. The number of carbonyl (C=O) groups is 5. The normalized spacial score (nSPS) is 18.9. The Hall–Kier alpha value is -5.95. The Labute approximate surface area is 276 Å². The molecule has 5 heterocycles. The van der Waals surface area contributed by atoms with Crippen molar-refractivity contribution in [1.82, 2.24) is 20.0 Å². The third-order valence-corrected chi connectivity index (χ3v) is 9.39. The first kappa shape index (κ1) is 30.7. The van der Waals surface area contributed by atoms with E-state index in [0.29, 0.717) is 29.9 Å². The Balaban J connectivity index is 0.980. The fourth-order valence-corrected chi connectivity index (χ4v) is 6.49. The van der Waals surface area contributed by atoms with Gasteiger partial charge in [-0.1, -0.05) is 11.8 Å². The van der Waals surface area contributed by atoms with Gasteiger partial charge < -0.3 is 15.5 Å². The molecule has 5 amide bonds. The quantitative estimate of drug-likeness (QED) is 0.279. The summed E-state index contributed by atoms with van der Waals surface area (Å²) in [6.45, 7) is 5.59. The molecule has 13 heteroatoms. The Kier molecular flexibility index (Phi) is 7.47. The number of benzene rings is 2. The van der Waals surface area contributed by atoms with Gasteiger partial charge in [0.15, 0.2) is 0 Å². The van der Waals surface area contributed by atoms with E-state index in [-0.39, 0.29) is 35.8 Å². The molecule has 2 saturated heterocycles. The zero-order chi connectivity index (χ0) is 33.7. The van der Waals surface area contributed by atoms with Crippen molar-refractivity contribution < 1.29 is 24.0 Å². The fourth-order valence-electron chi connectivity index (χ4n) is 6.49. The average Bonchev–Trinajstić information content (AvgIpc) is 3.63. The van der Waals surface area contributed by atoms with Gasteiger partial charge in [-0.25, -0.2) is 0 Å². The number of nitrogens with zero attached hydrogens (tertiary/aromatic N) is 5. The van der Waals surface area contributed by atoms with E-state index in [0.717, 1.165) is 41.2 Å². The first-order valence-corrected chi connectivity index (χ1v) is 15.8. The molecule has 1 atom stereocenters. The van der Waals surface area contributed by atoms with Gasteiger partial charge >= 0.3 is 0 Å². The van der Waals surface area contributed by atoms with Crippen molar-refractivity contribution in [3.05, 3.63) is 70.5 Å². The van der Waals surface area contributed by atoms with Crippen molar-refractivity contribution >= 4 is 46.6 Å². The Morgan fingerprint density at radius 1 is 1.06 bits per heavy atom. The molecule has 4 aliphatic heterocycles. The third kappa shape index (κ3) is 5.23. The average molecular weight is 645 g/mol. The first-order valence-electron chi connectivity index (χ1n) is 15.8. The summed E-state index contributed by atoms with van der Waals surface area (Å²) in [4.78, 5) is 66.5. The van der Waals surface area contributed by atoms with Gasteiger partial charge in [-0.2, -0.15) is 10.4 Å². The minimum absolute atomic E-state index is 0.0615. The van der Waals surface area contributed by atoms with Crippen LogP contribution in [-0.4, -0.2) is 69.9 Å². The molecule has 0 saturated carbocycles. The number of nitrogens with one attached hydrogen (secondary N) is 3. The molecule has 4 aliphatic rings. The summed E-state index contributed by atoms with van der Waals surface area (Å²) in [5.74, 6) is 4.12. The van der Waals surface area contributed by atoms with Gasteiger partial charge in [0.1, 0.15) is 17.6 Å². The number of imide groups is 2. The second-order valence-corrected chi connectivity index (χ2v) is 12.9. The molecule has 3 N–H and O–H groups in total. The van der Waals surface area contributed by atoms with E-state index in [1.807, 2.05) is 0 Å². The van der Waals surface area contributed by atoms with Gasteiger partial charge in [0, 0.05) is 49.2 Å². The highest BCUT2D eigenvalue weighted by atomic mass is 16.2. The number of carbonyl (C=O) groups excluding carboxylic acids is 5. The molecular formula is C35H32N8O5. The summed E-state index contributed by atoms with van der Waals surface area (Å²) in [6.07, 6.45) is 5.23. The van der Waals surface area contributed by atoms with Crippen LogP contribution in [0.1, 0.15) is 70.5 Å². The van der Waals surface area contributed by atoms with Crippen LogP contribution < -0.4 is 20.9 Å². The number of hydrogen-bond acceptors (Lipinski definition) is 9. The topological polar surface area (TPSA) is 170 Å². The lowest BCUT2D eigenvalue weighted by atomic mass is 9.97. The smallest absolute Gasteiger partial charge is 0.262 e. The maximum atomic E-state index is 13.4. The molecule has 7 rings (SSSR count). The molecular weight excluding hydrogens is 612 g/mol.